The molecule has 0 bridgehead atoms. The number of likely N-dealkylation sites (tertiary alicyclic amines) is 1. The third-order valence-corrected chi connectivity index (χ3v) is 4.67. The first-order valence-electron chi connectivity index (χ1n) is 8.00. The number of nitro groups is 1. The Kier molecular flexibility index (Phi) is 4.49. The van der Waals surface area contributed by atoms with Gasteiger partial charge in [-0.1, -0.05) is 6.92 Å². The summed E-state index contributed by atoms with van der Waals surface area (Å²) in [6.45, 7) is 1.53. The number of anilines is 1. The van der Waals surface area contributed by atoms with Gasteiger partial charge in [-0.25, -0.2) is 0 Å². The molecule has 26 heavy (non-hydrogen) atoms. The molecule has 138 valence electrons. The fraction of sp³-hybridized carbons (Fsp3) is 0.438. The fourth-order valence-corrected chi connectivity index (χ4v) is 3.20. The molecule has 0 unspecified atom stereocenters. The molecule has 1 saturated heterocycles. The number of carbonyl (C=O) groups is 3. The van der Waals surface area contributed by atoms with Gasteiger partial charge in [0, 0.05) is 25.2 Å². The lowest BCUT2D eigenvalue weighted by Gasteiger charge is -2.30. The number of nitro benzene ring substituents is 1. The summed E-state index contributed by atoms with van der Waals surface area (Å²) in [5.41, 5.74) is -0.0638. The van der Waals surface area contributed by atoms with Gasteiger partial charge in [-0.3, -0.25) is 29.4 Å². The maximum atomic E-state index is 12.6. The molecule has 2 aliphatic rings. The molecule has 1 aromatic rings. The van der Waals surface area contributed by atoms with Crippen LogP contribution in [0.5, 0.6) is 5.75 Å². The van der Waals surface area contributed by atoms with Gasteiger partial charge in [-0.05, 0) is 12.0 Å². The van der Waals surface area contributed by atoms with Crippen molar-refractivity contribution >= 4 is 29.2 Å². The van der Waals surface area contributed by atoms with Crippen molar-refractivity contribution in [2.45, 2.75) is 6.92 Å². The van der Waals surface area contributed by atoms with Crippen molar-refractivity contribution < 1.29 is 29.2 Å². The Morgan fingerprint density at radius 2 is 2.12 bits per heavy atom. The van der Waals surface area contributed by atoms with Crippen LogP contribution in [0.15, 0.2) is 18.2 Å². The average molecular weight is 363 g/mol. The summed E-state index contributed by atoms with van der Waals surface area (Å²) in [7, 11) is 0. The lowest BCUT2D eigenvalue weighted by atomic mass is 9.99. The lowest BCUT2D eigenvalue weighted by Crippen LogP contribution is -2.46. The molecule has 0 aliphatic carbocycles. The Bertz CT molecular complexity index is 794. The molecule has 2 heterocycles. The summed E-state index contributed by atoms with van der Waals surface area (Å²) in [6.07, 6.45) is 0. The van der Waals surface area contributed by atoms with Crippen LogP contribution >= 0.6 is 0 Å². The van der Waals surface area contributed by atoms with Crippen LogP contribution in [-0.4, -0.2) is 59.0 Å². The second kappa shape index (κ2) is 6.62. The first kappa shape index (κ1) is 17.6. The minimum atomic E-state index is -0.962. The normalized spacial score (nSPS) is 22.0. The number of rotatable bonds is 4. The highest BCUT2D eigenvalue weighted by molar-refractivity contribution is 6.02. The minimum absolute atomic E-state index is 0.0790. The largest absolute Gasteiger partial charge is 0.482 e. The van der Waals surface area contributed by atoms with Gasteiger partial charge in [0.05, 0.1) is 16.5 Å². The Labute approximate surface area is 148 Å². The predicted molar refractivity (Wildman–Crippen MR) is 87.8 cm³/mol. The molecule has 2 amide bonds. The number of aliphatic carboxylic acids is 1. The zero-order valence-electron chi connectivity index (χ0n) is 14.0. The molecule has 1 fully saturated rings. The van der Waals surface area contributed by atoms with E-state index in [0.29, 0.717) is 0 Å². The van der Waals surface area contributed by atoms with Crippen molar-refractivity contribution in [1.82, 2.24) is 4.90 Å². The van der Waals surface area contributed by atoms with E-state index in [-0.39, 0.29) is 49.3 Å². The highest BCUT2D eigenvalue weighted by atomic mass is 16.6. The molecular weight excluding hydrogens is 346 g/mol. The molecule has 3 rings (SSSR count). The molecule has 10 nitrogen and oxygen atoms in total. The number of carboxylic acid groups (broad SMARTS) is 1. The summed E-state index contributed by atoms with van der Waals surface area (Å²) in [5, 5.41) is 20.1. The van der Waals surface area contributed by atoms with Gasteiger partial charge in [0.15, 0.2) is 6.61 Å². The molecule has 2 aliphatic heterocycles. The van der Waals surface area contributed by atoms with Crippen LogP contribution in [0.4, 0.5) is 11.4 Å². The van der Waals surface area contributed by atoms with Crippen molar-refractivity contribution in [2.24, 2.45) is 11.8 Å². The topological polar surface area (TPSA) is 130 Å². The summed E-state index contributed by atoms with van der Waals surface area (Å²) in [5.74, 6) is -2.42. The third kappa shape index (κ3) is 3.17. The summed E-state index contributed by atoms with van der Waals surface area (Å²) in [6, 6.07) is 3.83. The van der Waals surface area contributed by atoms with Crippen LogP contribution in [-0.2, 0) is 14.4 Å². The maximum absolute atomic E-state index is 12.6. The van der Waals surface area contributed by atoms with Crippen LogP contribution in [0.3, 0.4) is 0 Å². The fourth-order valence-electron chi connectivity index (χ4n) is 3.20. The maximum Gasteiger partial charge on any atom is 0.308 e. The number of carbonyl (C=O) groups excluding carboxylic acids is 2. The average Bonchev–Trinajstić information content (AvgIpc) is 2.99. The molecule has 1 aromatic carbocycles. The zero-order chi connectivity index (χ0) is 19.0. The molecule has 0 radical (unpaired) electrons. The van der Waals surface area contributed by atoms with Crippen LogP contribution in [0.25, 0.3) is 0 Å². The number of non-ortho nitro benzene ring substituents is 1. The molecule has 0 aromatic heterocycles. The van der Waals surface area contributed by atoms with E-state index in [2.05, 4.69) is 0 Å². The third-order valence-electron chi connectivity index (χ3n) is 4.67. The Hall–Kier alpha value is -3.17. The first-order valence-corrected chi connectivity index (χ1v) is 8.00. The quantitative estimate of drug-likeness (QED) is 0.609. The summed E-state index contributed by atoms with van der Waals surface area (Å²) in [4.78, 5) is 48.9. The van der Waals surface area contributed by atoms with E-state index in [1.807, 2.05) is 0 Å². The number of carboxylic acids is 1. The highest BCUT2D eigenvalue weighted by Gasteiger charge is 2.38. The molecule has 10 heteroatoms. The smallest absolute Gasteiger partial charge is 0.308 e. The van der Waals surface area contributed by atoms with E-state index in [1.54, 1.807) is 6.92 Å². The van der Waals surface area contributed by atoms with E-state index in [4.69, 9.17) is 4.74 Å². The van der Waals surface area contributed by atoms with Crippen molar-refractivity contribution in [3.8, 4) is 5.75 Å². The van der Waals surface area contributed by atoms with Gasteiger partial charge in [-0.15, -0.1) is 0 Å². The second-order valence-electron chi connectivity index (χ2n) is 6.40. The summed E-state index contributed by atoms with van der Waals surface area (Å²) < 4.78 is 5.26. The van der Waals surface area contributed by atoms with Crippen molar-refractivity contribution in [1.29, 1.82) is 0 Å². The lowest BCUT2D eigenvalue weighted by molar-refractivity contribution is -0.384. The highest BCUT2D eigenvalue weighted by Crippen LogP contribution is 2.35. The summed E-state index contributed by atoms with van der Waals surface area (Å²) >= 11 is 0. The Morgan fingerprint density at radius 3 is 2.73 bits per heavy atom. The van der Waals surface area contributed by atoms with Gasteiger partial charge in [-0.2, -0.15) is 0 Å². The van der Waals surface area contributed by atoms with Crippen LogP contribution in [0.2, 0.25) is 0 Å². The van der Waals surface area contributed by atoms with Crippen LogP contribution in [0.1, 0.15) is 6.92 Å². The number of amides is 2. The predicted octanol–water partition coefficient (Wildman–Crippen LogP) is 0.499. The van der Waals surface area contributed by atoms with Gasteiger partial charge >= 0.3 is 5.97 Å². The molecular formula is C16H17N3O7. The number of nitrogens with zero attached hydrogens (tertiary/aromatic N) is 3. The SMILES string of the molecule is C[C@@H]1CN(C(=O)CN2C(=O)COc3ccc([N+](=O)[O-])cc32)C[C@H]1C(=O)O. The van der Waals surface area contributed by atoms with E-state index in [0.717, 1.165) is 4.90 Å². The van der Waals surface area contributed by atoms with Crippen molar-refractivity contribution in [3.05, 3.63) is 28.3 Å². The van der Waals surface area contributed by atoms with E-state index >= 15 is 0 Å². The number of hydrogen-bond acceptors (Lipinski definition) is 6. The monoisotopic (exact) mass is 363 g/mol. The van der Waals surface area contributed by atoms with E-state index in [1.165, 1.54) is 23.1 Å². The van der Waals surface area contributed by atoms with Gasteiger partial charge in [0.2, 0.25) is 5.91 Å². The number of fused-ring (bicyclic) bond motifs is 1. The molecule has 0 spiro atoms. The Morgan fingerprint density at radius 1 is 1.38 bits per heavy atom. The van der Waals surface area contributed by atoms with Gasteiger partial charge < -0.3 is 14.7 Å². The second-order valence-corrected chi connectivity index (χ2v) is 6.40. The number of ether oxygens (including phenoxy) is 1. The molecule has 1 N–H and O–H groups in total. The molecule has 2 atom stereocenters. The minimum Gasteiger partial charge on any atom is -0.482 e. The van der Waals surface area contributed by atoms with E-state index in [9.17, 15) is 29.6 Å². The molecule has 0 saturated carbocycles. The van der Waals surface area contributed by atoms with Crippen molar-refractivity contribution in [2.75, 3.05) is 31.1 Å². The first-order chi connectivity index (χ1) is 12.3. The van der Waals surface area contributed by atoms with Gasteiger partial charge in [0.1, 0.15) is 12.3 Å². The Balaban J connectivity index is 1.81. The van der Waals surface area contributed by atoms with Crippen molar-refractivity contribution in [3.63, 3.8) is 0 Å². The standard InChI is InChI=1S/C16H17N3O7/c1-9-5-17(6-11(9)16(22)23)14(20)7-18-12-4-10(19(24)25)2-3-13(12)26-8-15(18)21/h2-4,9,11H,5-8H2,1H3,(H,22,23)/t9-,11-/m1/s1. The van der Waals surface area contributed by atoms with E-state index < -0.39 is 28.6 Å². The number of hydrogen-bond donors (Lipinski definition) is 1. The zero-order valence-corrected chi connectivity index (χ0v) is 14.0. The van der Waals surface area contributed by atoms with Crippen LogP contribution in [0, 0.1) is 22.0 Å². The number of benzene rings is 1. The van der Waals surface area contributed by atoms with Crippen LogP contribution < -0.4 is 9.64 Å². The van der Waals surface area contributed by atoms with Gasteiger partial charge in [0.25, 0.3) is 11.6 Å².